The van der Waals surface area contributed by atoms with Crippen LogP contribution in [0.1, 0.15) is 37.1 Å². The van der Waals surface area contributed by atoms with Gasteiger partial charge in [0.05, 0.1) is 31.9 Å². The summed E-state index contributed by atoms with van der Waals surface area (Å²) in [5, 5.41) is 10.3. The van der Waals surface area contributed by atoms with E-state index >= 15 is 0 Å². The molecule has 184 valence electrons. The van der Waals surface area contributed by atoms with Gasteiger partial charge in [-0.2, -0.15) is 0 Å². The first-order valence-electron chi connectivity index (χ1n) is 12.1. The molecule has 4 heterocycles. The van der Waals surface area contributed by atoms with E-state index in [1.807, 2.05) is 36.7 Å². The Morgan fingerprint density at radius 3 is 2.69 bits per heavy atom. The SMILES string of the molecule is CCOc1cc(-c2nncn2C)ccc1NN1C=Cc2cc(C)nc(N3CC(CC)(OC)C3)c2C1. The van der Waals surface area contributed by atoms with Gasteiger partial charge in [0, 0.05) is 37.2 Å². The third-order valence-electron chi connectivity index (χ3n) is 6.88. The second kappa shape index (κ2) is 9.22. The predicted octanol–water partition coefficient (Wildman–Crippen LogP) is 4.01. The van der Waals surface area contributed by atoms with Crippen molar-refractivity contribution in [1.29, 1.82) is 0 Å². The number of methoxy groups -OCH3 is 1. The number of pyridine rings is 1. The lowest BCUT2D eigenvalue weighted by molar-refractivity contribution is -0.0362. The number of rotatable bonds is 8. The molecule has 0 spiro atoms. The lowest BCUT2D eigenvalue weighted by Gasteiger charge is -2.50. The molecule has 0 amide bonds. The molecule has 0 bridgehead atoms. The fraction of sp³-hybridized carbons (Fsp3) is 0.423. The molecule has 9 nitrogen and oxygen atoms in total. The van der Waals surface area contributed by atoms with Crippen LogP contribution >= 0.6 is 0 Å². The van der Waals surface area contributed by atoms with Crippen molar-refractivity contribution in [2.24, 2.45) is 7.05 Å². The van der Waals surface area contributed by atoms with Crippen molar-refractivity contribution in [2.75, 3.05) is 37.1 Å². The standard InChI is InChI=1S/C26H33N7O2/c1-6-26(34-5)15-32(16-26)25-21-14-33(11-10-19(21)12-18(3)28-25)30-22-9-8-20(13-23(22)35-7-2)24-29-27-17-31(24)4/h8-13,17,30H,6-7,14-16H2,1-5H3. The first-order valence-corrected chi connectivity index (χ1v) is 12.1. The van der Waals surface area contributed by atoms with Crippen LogP contribution in [0.4, 0.5) is 11.5 Å². The van der Waals surface area contributed by atoms with E-state index < -0.39 is 0 Å². The van der Waals surface area contributed by atoms with Gasteiger partial charge in [-0.3, -0.25) is 10.4 Å². The van der Waals surface area contributed by atoms with Crippen LogP contribution < -0.4 is 15.1 Å². The van der Waals surface area contributed by atoms with Crippen LogP contribution in [0, 0.1) is 6.92 Å². The van der Waals surface area contributed by atoms with E-state index in [4.69, 9.17) is 14.5 Å². The monoisotopic (exact) mass is 475 g/mol. The van der Waals surface area contributed by atoms with Crippen LogP contribution in [0.2, 0.25) is 0 Å². The molecular weight excluding hydrogens is 442 g/mol. The predicted molar refractivity (Wildman–Crippen MR) is 137 cm³/mol. The van der Waals surface area contributed by atoms with Gasteiger partial charge in [-0.05, 0) is 56.2 Å². The second-order valence-corrected chi connectivity index (χ2v) is 9.22. The van der Waals surface area contributed by atoms with Gasteiger partial charge in [0.15, 0.2) is 5.82 Å². The lowest BCUT2D eigenvalue weighted by atomic mass is 9.90. The number of ether oxygens (including phenoxy) is 2. The van der Waals surface area contributed by atoms with Crippen molar-refractivity contribution in [3.63, 3.8) is 0 Å². The number of hydrazine groups is 1. The Bertz CT molecular complexity index is 1240. The minimum absolute atomic E-state index is 0.0718. The number of benzene rings is 1. The van der Waals surface area contributed by atoms with Crippen molar-refractivity contribution in [3.05, 3.63) is 53.6 Å². The molecule has 0 radical (unpaired) electrons. The maximum absolute atomic E-state index is 5.97. The van der Waals surface area contributed by atoms with Gasteiger partial charge >= 0.3 is 0 Å². The van der Waals surface area contributed by atoms with Crippen LogP contribution in [0.15, 0.2) is 36.8 Å². The summed E-state index contributed by atoms with van der Waals surface area (Å²) >= 11 is 0. The summed E-state index contributed by atoms with van der Waals surface area (Å²) in [5.41, 5.74) is 8.74. The smallest absolute Gasteiger partial charge is 0.163 e. The van der Waals surface area contributed by atoms with Gasteiger partial charge in [-0.15, -0.1) is 10.2 Å². The van der Waals surface area contributed by atoms with E-state index in [2.05, 4.69) is 57.7 Å². The lowest BCUT2D eigenvalue weighted by Crippen LogP contribution is -2.63. The minimum Gasteiger partial charge on any atom is -0.492 e. The van der Waals surface area contributed by atoms with Crippen molar-refractivity contribution < 1.29 is 9.47 Å². The van der Waals surface area contributed by atoms with Crippen molar-refractivity contribution in [1.82, 2.24) is 24.8 Å². The highest BCUT2D eigenvalue weighted by Gasteiger charge is 2.43. The number of hydrogen-bond acceptors (Lipinski definition) is 8. The minimum atomic E-state index is -0.0718. The van der Waals surface area contributed by atoms with Gasteiger partial charge in [0.1, 0.15) is 23.5 Å². The number of fused-ring (bicyclic) bond motifs is 1. The Labute approximate surface area is 206 Å². The summed E-state index contributed by atoms with van der Waals surface area (Å²) in [7, 11) is 3.74. The summed E-state index contributed by atoms with van der Waals surface area (Å²) in [4.78, 5) is 7.25. The summed E-state index contributed by atoms with van der Waals surface area (Å²) in [6.45, 7) is 9.19. The van der Waals surface area contributed by atoms with Crippen molar-refractivity contribution in [3.8, 4) is 17.1 Å². The topological polar surface area (TPSA) is 80.6 Å². The van der Waals surface area contributed by atoms with E-state index in [9.17, 15) is 0 Å². The van der Waals surface area contributed by atoms with Gasteiger partial charge in [0.2, 0.25) is 0 Å². The highest BCUT2D eigenvalue weighted by atomic mass is 16.5. The molecule has 0 atom stereocenters. The van der Waals surface area contributed by atoms with Crippen LogP contribution in [-0.2, 0) is 18.3 Å². The Morgan fingerprint density at radius 1 is 1.17 bits per heavy atom. The number of anilines is 2. The fourth-order valence-electron chi connectivity index (χ4n) is 4.77. The van der Waals surface area contributed by atoms with Crippen molar-refractivity contribution in [2.45, 2.75) is 39.3 Å². The third kappa shape index (κ3) is 4.32. The van der Waals surface area contributed by atoms with Crippen molar-refractivity contribution >= 4 is 17.6 Å². The molecule has 2 aliphatic heterocycles. The molecular formula is C26H33N7O2. The van der Waals surface area contributed by atoms with E-state index in [-0.39, 0.29) is 5.60 Å². The number of hydrogen-bond donors (Lipinski definition) is 1. The maximum atomic E-state index is 5.97. The second-order valence-electron chi connectivity index (χ2n) is 9.22. The first-order chi connectivity index (χ1) is 16.9. The highest BCUT2D eigenvalue weighted by Crippen LogP contribution is 2.37. The molecule has 0 aliphatic carbocycles. The Kier molecular flexibility index (Phi) is 6.10. The number of aromatic nitrogens is 4. The normalized spacial score (nSPS) is 16.1. The van der Waals surface area contributed by atoms with Crippen LogP contribution in [0.5, 0.6) is 5.75 Å². The molecule has 9 heteroatoms. The average molecular weight is 476 g/mol. The number of nitrogens with one attached hydrogen (secondary N) is 1. The highest BCUT2D eigenvalue weighted by molar-refractivity contribution is 5.69. The average Bonchev–Trinajstić information content (AvgIpc) is 3.26. The van der Waals surface area contributed by atoms with Gasteiger partial charge in [-0.25, -0.2) is 4.98 Å². The number of nitrogens with zero attached hydrogens (tertiary/aromatic N) is 6. The van der Waals surface area contributed by atoms with Crippen LogP contribution in [0.3, 0.4) is 0 Å². The van der Waals surface area contributed by atoms with Gasteiger partial charge < -0.3 is 18.9 Å². The first kappa shape index (κ1) is 23.2. The molecule has 35 heavy (non-hydrogen) atoms. The van der Waals surface area contributed by atoms with Gasteiger partial charge in [-0.1, -0.05) is 6.92 Å². The molecule has 1 saturated heterocycles. The van der Waals surface area contributed by atoms with E-state index in [1.54, 1.807) is 13.4 Å². The summed E-state index contributed by atoms with van der Waals surface area (Å²) in [6, 6.07) is 8.21. The molecule has 0 saturated carbocycles. The Balaban J connectivity index is 1.39. The number of aryl methyl sites for hydroxylation is 2. The maximum Gasteiger partial charge on any atom is 0.163 e. The zero-order valence-electron chi connectivity index (χ0n) is 21.1. The van der Waals surface area contributed by atoms with E-state index in [0.29, 0.717) is 13.2 Å². The van der Waals surface area contributed by atoms with E-state index in [1.165, 1.54) is 11.1 Å². The Hall–Kier alpha value is -3.59. The zero-order valence-corrected chi connectivity index (χ0v) is 21.1. The molecule has 1 fully saturated rings. The Morgan fingerprint density at radius 2 is 2.00 bits per heavy atom. The summed E-state index contributed by atoms with van der Waals surface area (Å²) in [6.07, 6.45) is 6.90. The molecule has 2 aliphatic rings. The molecule has 1 aromatic carbocycles. The molecule has 5 rings (SSSR count). The van der Waals surface area contributed by atoms with Crippen LogP contribution in [0.25, 0.3) is 17.5 Å². The van der Waals surface area contributed by atoms with Gasteiger partial charge in [0.25, 0.3) is 0 Å². The molecule has 1 N–H and O–H groups in total. The molecule has 2 aromatic heterocycles. The quantitative estimate of drug-likeness (QED) is 0.523. The molecule has 3 aromatic rings. The largest absolute Gasteiger partial charge is 0.492 e. The zero-order chi connectivity index (χ0) is 24.6. The third-order valence-corrected chi connectivity index (χ3v) is 6.88. The molecule has 0 unspecified atom stereocenters. The summed E-state index contributed by atoms with van der Waals surface area (Å²) in [5.74, 6) is 2.61. The van der Waals surface area contributed by atoms with E-state index in [0.717, 1.165) is 53.8 Å². The van der Waals surface area contributed by atoms with Crippen LogP contribution in [-0.4, -0.2) is 57.2 Å². The summed E-state index contributed by atoms with van der Waals surface area (Å²) < 4.78 is 13.7. The fourth-order valence-corrected chi connectivity index (χ4v) is 4.77.